The molecular formula is C13H21BrN2S. The average molecular weight is 317 g/mol. The fourth-order valence-corrected chi connectivity index (χ4v) is 4.67. The van der Waals surface area contributed by atoms with Crippen LogP contribution in [0.3, 0.4) is 0 Å². The van der Waals surface area contributed by atoms with Crippen molar-refractivity contribution in [1.82, 2.24) is 4.90 Å². The highest BCUT2D eigenvalue weighted by molar-refractivity contribution is 9.10. The zero-order valence-corrected chi connectivity index (χ0v) is 12.8. The predicted molar refractivity (Wildman–Crippen MR) is 78.4 cm³/mol. The van der Waals surface area contributed by atoms with E-state index >= 15 is 0 Å². The molecule has 1 aromatic heterocycles. The molecule has 96 valence electrons. The van der Waals surface area contributed by atoms with Crippen molar-refractivity contribution in [3.05, 3.63) is 20.8 Å². The van der Waals surface area contributed by atoms with Crippen LogP contribution in [0.4, 0.5) is 0 Å². The molecule has 0 saturated carbocycles. The number of rotatable bonds is 4. The molecule has 4 heteroatoms. The van der Waals surface area contributed by atoms with Gasteiger partial charge in [0.05, 0.1) is 0 Å². The first-order valence-corrected chi connectivity index (χ1v) is 8.12. The van der Waals surface area contributed by atoms with Crippen LogP contribution < -0.4 is 5.73 Å². The van der Waals surface area contributed by atoms with Crippen LogP contribution in [0.15, 0.2) is 15.9 Å². The van der Waals surface area contributed by atoms with Gasteiger partial charge in [-0.15, -0.1) is 11.3 Å². The van der Waals surface area contributed by atoms with E-state index in [0.717, 1.165) is 6.54 Å². The molecule has 2 unspecified atom stereocenters. The van der Waals surface area contributed by atoms with Crippen LogP contribution in [0, 0.1) is 5.92 Å². The average Bonchev–Trinajstić information content (AvgIpc) is 2.75. The number of thiophene rings is 1. The van der Waals surface area contributed by atoms with Gasteiger partial charge in [-0.05, 0) is 72.2 Å². The molecule has 17 heavy (non-hydrogen) atoms. The summed E-state index contributed by atoms with van der Waals surface area (Å²) in [4.78, 5) is 4.09. The number of hydrogen-bond donors (Lipinski definition) is 1. The van der Waals surface area contributed by atoms with E-state index in [4.69, 9.17) is 5.73 Å². The molecule has 0 aliphatic carbocycles. The van der Waals surface area contributed by atoms with Gasteiger partial charge in [-0.3, -0.25) is 4.90 Å². The highest BCUT2D eigenvalue weighted by Gasteiger charge is 2.33. The standard InChI is InChI=1S/C13H21BrN2S/c1-2-6-16-7-3-4-10(9-15)12(16)13-11(14)5-8-17-13/h5,8,10,12H,2-4,6-7,9,15H2,1H3. The van der Waals surface area contributed by atoms with E-state index in [-0.39, 0.29) is 0 Å². The van der Waals surface area contributed by atoms with Crippen molar-refractivity contribution in [2.24, 2.45) is 11.7 Å². The minimum Gasteiger partial charge on any atom is -0.330 e. The summed E-state index contributed by atoms with van der Waals surface area (Å²) in [6.07, 6.45) is 3.78. The molecule has 2 rings (SSSR count). The number of nitrogens with two attached hydrogens (primary N) is 1. The quantitative estimate of drug-likeness (QED) is 0.919. The van der Waals surface area contributed by atoms with Gasteiger partial charge in [0, 0.05) is 15.4 Å². The summed E-state index contributed by atoms with van der Waals surface area (Å²) in [5.41, 5.74) is 5.97. The minimum atomic E-state index is 0.531. The Morgan fingerprint density at radius 2 is 2.41 bits per heavy atom. The second-order valence-electron chi connectivity index (χ2n) is 4.75. The third-order valence-corrected chi connectivity index (χ3v) is 5.53. The van der Waals surface area contributed by atoms with E-state index in [9.17, 15) is 0 Å². The van der Waals surface area contributed by atoms with Gasteiger partial charge in [-0.25, -0.2) is 0 Å². The van der Waals surface area contributed by atoms with Gasteiger partial charge >= 0.3 is 0 Å². The highest BCUT2D eigenvalue weighted by atomic mass is 79.9. The predicted octanol–water partition coefficient (Wildman–Crippen LogP) is 3.63. The lowest BCUT2D eigenvalue weighted by atomic mass is 9.88. The normalized spacial score (nSPS) is 26.3. The molecule has 2 atom stereocenters. The van der Waals surface area contributed by atoms with Gasteiger partial charge in [-0.2, -0.15) is 0 Å². The summed E-state index contributed by atoms with van der Waals surface area (Å²) < 4.78 is 1.26. The second-order valence-corrected chi connectivity index (χ2v) is 6.55. The lowest BCUT2D eigenvalue weighted by Gasteiger charge is -2.40. The van der Waals surface area contributed by atoms with Gasteiger partial charge in [0.1, 0.15) is 0 Å². The van der Waals surface area contributed by atoms with Gasteiger partial charge in [-0.1, -0.05) is 6.92 Å². The van der Waals surface area contributed by atoms with Crippen molar-refractivity contribution >= 4 is 27.3 Å². The van der Waals surface area contributed by atoms with Gasteiger partial charge in [0.25, 0.3) is 0 Å². The summed E-state index contributed by atoms with van der Waals surface area (Å²) in [6.45, 7) is 5.46. The van der Waals surface area contributed by atoms with Crippen molar-refractivity contribution < 1.29 is 0 Å². The summed E-state index contributed by atoms with van der Waals surface area (Å²) in [5.74, 6) is 0.616. The Balaban J connectivity index is 2.25. The summed E-state index contributed by atoms with van der Waals surface area (Å²) in [5, 5.41) is 2.17. The molecule has 1 aromatic rings. The lowest BCUT2D eigenvalue weighted by Crippen LogP contribution is -2.41. The molecule has 1 saturated heterocycles. The van der Waals surface area contributed by atoms with E-state index in [1.54, 1.807) is 0 Å². The van der Waals surface area contributed by atoms with Gasteiger partial charge in [0.2, 0.25) is 0 Å². The maximum atomic E-state index is 5.97. The van der Waals surface area contributed by atoms with E-state index in [2.05, 4.69) is 39.2 Å². The van der Waals surface area contributed by atoms with Crippen molar-refractivity contribution in [2.45, 2.75) is 32.2 Å². The van der Waals surface area contributed by atoms with E-state index in [1.807, 2.05) is 11.3 Å². The number of piperidine rings is 1. The number of nitrogens with zero attached hydrogens (tertiary/aromatic N) is 1. The van der Waals surface area contributed by atoms with Crippen LogP contribution in [-0.4, -0.2) is 24.5 Å². The monoisotopic (exact) mass is 316 g/mol. The highest BCUT2D eigenvalue weighted by Crippen LogP contribution is 2.41. The molecule has 0 radical (unpaired) electrons. The molecule has 1 aliphatic rings. The van der Waals surface area contributed by atoms with E-state index < -0.39 is 0 Å². The lowest BCUT2D eigenvalue weighted by molar-refractivity contribution is 0.0981. The molecule has 1 fully saturated rings. The Bertz CT molecular complexity index is 351. The SMILES string of the molecule is CCCN1CCCC(CN)C1c1sccc1Br. The number of halogens is 1. The molecule has 2 heterocycles. The number of hydrogen-bond acceptors (Lipinski definition) is 3. The molecule has 2 N–H and O–H groups in total. The van der Waals surface area contributed by atoms with Crippen LogP contribution in [0.1, 0.15) is 37.1 Å². The molecule has 2 nitrogen and oxygen atoms in total. The Morgan fingerprint density at radius 3 is 3.00 bits per heavy atom. The van der Waals surface area contributed by atoms with Crippen LogP contribution in [0.2, 0.25) is 0 Å². The maximum absolute atomic E-state index is 5.97. The van der Waals surface area contributed by atoms with Crippen molar-refractivity contribution in [1.29, 1.82) is 0 Å². The molecule has 1 aliphatic heterocycles. The molecule has 0 bridgehead atoms. The first-order chi connectivity index (χ1) is 8.27. The van der Waals surface area contributed by atoms with Crippen molar-refractivity contribution in [3.63, 3.8) is 0 Å². The molecule has 0 amide bonds. The van der Waals surface area contributed by atoms with Crippen LogP contribution in [-0.2, 0) is 0 Å². The first kappa shape index (κ1) is 13.5. The fourth-order valence-electron chi connectivity index (χ4n) is 2.83. The first-order valence-electron chi connectivity index (χ1n) is 6.45. The minimum absolute atomic E-state index is 0.531. The second kappa shape index (κ2) is 6.32. The Hall–Kier alpha value is 0.100. The van der Waals surface area contributed by atoms with E-state index in [0.29, 0.717) is 12.0 Å². The van der Waals surface area contributed by atoms with Crippen molar-refractivity contribution in [2.75, 3.05) is 19.6 Å². The summed E-state index contributed by atoms with van der Waals surface area (Å²) >= 11 is 5.54. The summed E-state index contributed by atoms with van der Waals surface area (Å²) in [7, 11) is 0. The topological polar surface area (TPSA) is 29.3 Å². The Kier molecular flexibility index (Phi) is 5.03. The van der Waals surface area contributed by atoms with E-state index in [1.165, 1.54) is 41.7 Å². The molecular weight excluding hydrogens is 296 g/mol. The Labute approximate surface area is 116 Å². The zero-order valence-electron chi connectivity index (χ0n) is 10.4. The van der Waals surface area contributed by atoms with Gasteiger partial charge < -0.3 is 5.73 Å². The summed E-state index contributed by atoms with van der Waals surface area (Å²) in [6, 6.07) is 2.69. The maximum Gasteiger partial charge on any atom is 0.0493 e. The fraction of sp³-hybridized carbons (Fsp3) is 0.692. The van der Waals surface area contributed by atoms with Crippen LogP contribution in [0.5, 0.6) is 0 Å². The molecule has 0 spiro atoms. The van der Waals surface area contributed by atoms with Crippen LogP contribution >= 0.6 is 27.3 Å². The third kappa shape index (κ3) is 2.92. The largest absolute Gasteiger partial charge is 0.330 e. The van der Waals surface area contributed by atoms with Crippen molar-refractivity contribution in [3.8, 4) is 0 Å². The van der Waals surface area contributed by atoms with Gasteiger partial charge in [0.15, 0.2) is 0 Å². The number of likely N-dealkylation sites (tertiary alicyclic amines) is 1. The Morgan fingerprint density at radius 1 is 1.59 bits per heavy atom. The zero-order chi connectivity index (χ0) is 12.3. The smallest absolute Gasteiger partial charge is 0.0493 e. The third-order valence-electron chi connectivity index (χ3n) is 3.59. The molecule has 0 aromatic carbocycles. The van der Waals surface area contributed by atoms with Crippen LogP contribution in [0.25, 0.3) is 0 Å².